The number of aliphatic hydroxyl groups excluding tert-OH is 1. The number of ketones is 2. The number of esters is 1. The Kier molecular flexibility index (Phi) is 6.57. The van der Waals surface area contributed by atoms with Gasteiger partial charge in [-0.05, 0) is 32.6 Å². The number of benzene rings is 1. The van der Waals surface area contributed by atoms with Crippen LogP contribution in [0.5, 0.6) is 17.2 Å². The molecule has 0 saturated carbocycles. The van der Waals surface area contributed by atoms with Crippen LogP contribution in [0.2, 0.25) is 0 Å². The van der Waals surface area contributed by atoms with E-state index >= 15 is 0 Å². The predicted octanol–water partition coefficient (Wildman–Crippen LogP) is 1.49. The molecule has 0 aromatic heterocycles. The molecule has 1 aromatic carbocycles. The van der Waals surface area contributed by atoms with Crippen LogP contribution in [0.3, 0.4) is 0 Å². The number of phenols is 2. The van der Waals surface area contributed by atoms with Gasteiger partial charge < -0.3 is 24.8 Å². The van der Waals surface area contributed by atoms with Crippen LogP contribution in [0.1, 0.15) is 49.4 Å². The minimum atomic E-state index is -1.37. The summed E-state index contributed by atoms with van der Waals surface area (Å²) in [5, 5.41) is 29.4. The summed E-state index contributed by atoms with van der Waals surface area (Å²) in [6, 6.07) is 2.16. The lowest BCUT2D eigenvalue weighted by Crippen LogP contribution is -2.28. The lowest BCUT2D eigenvalue weighted by molar-refractivity contribution is -0.142. The first-order chi connectivity index (χ1) is 12.3. The van der Waals surface area contributed by atoms with E-state index in [9.17, 15) is 29.7 Å². The van der Waals surface area contributed by atoms with Crippen LogP contribution in [0.4, 0.5) is 0 Å². The van der Waals surface area contributed by atoms with Crippen molar-refractivity contribution in [3.8, 4) is 17.2 Å². The molecule has 1 aromatic rings. The summed E-state index contributed by atoms with van der Waals surface area (Å²) in [5.74, 6) is -3.19. The summed E-state index contributed by atoms with van der Waals surface area (Å²) in [7, 11) is 0. The number of cyclic esters (lactones) is 1. The van der Waals surface area contributed by atoms with Crippen molar-refractivity contribution in [3.05, 3.63) is 17.7 Å². The van der Waals surface area contributed by atoms with Crippen LogP contribution in [-0.2, 0) is 14.3 Å². The summed E-state index contributed by atoms with van der Waals surface area (Å²) >= 11 is 0. The minimum absolute atomic E-state index is 0.0339. The Morgan fingerprint density at radius 1 is 1.08 bits per heavy atom. The SMILES string of the molecule is C[C@H]1CCCC(O)C(=O)C(=O)CCCOc2cc(O)cc(O)c2C(=O)O1. The molecule has 1 aliphatic heterocycles. The van der Waals surface area contributed by atoms with Crippen molar-refractivity contribution in [3.63, 3.8) is 0 Å². The number of aliphatic hydroxyl groups is 1. The van der Waals surface area contributed by atoms with Crippen molar-refractivity contribution in [2.24, 2.45) is 0 Å². The number of rotatable bonds is 0. The summed E-state index contributed by atoms with van der Waals surface area (Å²) < 4.78 is 10.7. The molecule has 0 aliphatic carbocycles. The Hall–Kier alpha value is -2.61. The molecule has 8 heteroatoms. The van der Waals surface area contributed by atoms with Crippen LogP contribution in [-0.4, -0.2) is 51.7 Å². The fourth-order valence-corrected chi connectivity index (χ4v) is 2.66. The van der Waals surface area contributed by atoms with E-state index in [1.807, 2.05) is 0 Å². The highest BCUT2D eigenvalue weighted by Crippen LogP contribution is 2.34. The number of fused-ring (bicyclic) bond motifs is 1. The number of carbonyl (C=O) groups excluding carboxylic acids is 3. The highest BCUT2D eigenvalue weighted by molar-refractivity contribution is 6.38. The number of aromatic hydroxyl groups is 2. The second-order valence-corrected chi connectivity index (χ2v) is 6.24. The van der Waals surface area contributed by atoms with Crippen LogP contribution in [0.25, 0.3) is 0 Å². The smallest absolute Gasteiger partial charge is 0.346 e. The van der Waals surface area contributed by atoms with E-state index in [2.05, 4.69) is 0 Å². The van der Waals surface area contributed by atoms with E-state index < -0.39 is 35.5 Å². The molecule has 1 heterocycles. The Morgan fingerprint density at radius 3 is 2.54 bits per heavy atom. The van der Waals surface area contributed by atoms with Crippen molar-refractivity contribution in [1.29, 1.82) is 0 Å². The Balaban J connectivity index is 2.25. The first-order valence-electron chi connectivity index (χ1n) is 8.44. The molecule has 26 heavy (non-hydrogen) atoms. The van der Waals surface area contributed by atoms with E-state index in [4.69, 9.17) is 9.47 Å². The van der Waals surface area contributed by atoms with Crippen molar-refractivity contribution in [2.45, 2.75) is 51.2 Å². The molecule has 2 atom stereocenters. The highest BCUT2D eigenvalue weighted by atomic mass is 16.5. The molecule has 1 aliphatic rings. The molecule has 0 saturated heterocycles. The van der Waals surface area contributed by atoms with Gasteiger partial charge in [-0.15, -0.1) is 0 Å². The van der Waals surface area contributed by atoms with Crippen LogP contribution >= 0.6 is 0 Å². The third-order valence-electron chi connectivity index (χ3n) is 4.05. The lowest BCUT2D eigenvalue weighted by Gasteiger charge is -2.16. The van der Waals surface area contributed by atoms with Crippen molar-refractivity contribution in [1.82, 2.24) is 0 Å². The largest absolute Gasteiger partial charge is 0.508 e. The molecule has 3 N–H and O–H groups in total. The second-order valence-electron chi connectivity index (χ2n) is 6.24. The topological polar surface area (TPSA) is 130 Å². The molecule has 0 amide bonds. The monoisotopic (exact) mass is 366 g/mol. The molecule has 1 unspecified atom stereocenters. The third-order valence-corrected chi connectivity index (χ3v) is 4.05. The predicted molar refractivity (Wildman–Crippen MR) is 89.2 cm³/mol. The van der Waals surface area contributed by atoms with Gasteiger partial charge in [0.25, 0.3) is 0 Å². The fourth-order valence-electron chi connectivity index (χ4n) is 2.66. The quantitative estimate of drug-likeness (QED) is 0.465. The number of ether oxygens (including phenoxy) is 2. The third kappa shape index (κ3) is 4.95. The lowest BCUT2D eigenvalue weighted by atomic mass is 10.0. The number of phenolic OH excluding ortho intramolecular Hbond substituents is 2. The molecule has 0 radical (unpaired) electrons. The van der Waals surface area contributed by atoms with E-state index in [1.54, 1.807) is 6.92 Å². The van der Waals surface area contributed by atoms with Gasteiger partial charge >= 0.3 is 5.97 Å². The van der Waals surface area contributed by atoms with E-state index in [1.165, 1.54) is 0 Å². The Labute approximate surface area is 150 Å². The highest BCUT2D eigenvalue weighted by Gasteiger charge is 2.25. The summed E-state index contributed by atoms with van der Waals surface area (Å²) in [4.78, 5) is 36.0. The van der Waals surface area contributed by atoms with Gasteiger partial charge in [-0.2, -0.15) is 0 Å². The molecule has 0 fully saturated rings. The summed E-state index contributed by atoms with van der Waals surface area (Å²) in [6.45, 7) is 1.60. The van der Waals surface area contributed by atoms with Crippen molar-refractivity contribution in [2.75, 3.05) is 6.61 Å². The number of hydrogen-bond acceptors (Lipinski definition) is 8. The molecule has 8 nitrogen and oxygen atoms in total. The normalized spacial score (nSPS) is 23.2. The van der Waals surface area contributed by atoms with Crippen LogP contribution < -0.4 is 4.74 Å². The van der Waals surface area contributed by atoms with Gasteiger partial charge in [-0.25, -0.2) is 4.79 Å². The van der Waals surface area contributed by atoms with Gasteiger partial charge in [0.1, 0.15) is 28.9 Å². The van der Waals surface area contributed by atoms with Gasteiger partial charge in [0.05, 0.1) is 12.7 Å². The van der Waals surface area contributed by atoms with Crippen molar-refractivity contribution >= 4 is 17.5 Å². The molecule has 142 valence electrons. The van der Waals surface area contributed by atoms with Crippen molar-refractivity contribution < 1.29 is 39.2 Å². The number of hydrogen-bond donors (Lipinski definition) is 3. The molecule has 0 spiro atoms. The van der Waals surface area contributed by atoms with Gasteiger partial charge in [-0.1, -0.05) is 0 Å². The maximum absolute atomic E-state index is 12.4. The van der Waals surface area contributed by atoms with Gasteiger partial charge in [-0.3, -0.25) is 9.59 Å². The second kappa shape index (κ2) is 8.66. The summed E-state index contributed by atoms with van der Waals surface area (Å²) in [6.07, 6.45) is -1.03. The number of carbonyl (C=O) groups is 3. The van der Waals surface area contributed by atoms with Gasteiger partial charge in [0, 0.05) is 18.6 Å². The maximum Gasteiger partial charge on any atom is 0.346 e. The first-order valence-corrected chi connectivity index (χ1v) is 8.44. The van der Waals surface area contributed by atoms with E-state index in [0.29, 0.717) is 12.8 Å². The van der Waals surface area contributed by atoms with E-state index in [0.717, 1.165) is 12.1 Å². The Morgan fingerprint density at radius 2 is 1.81 bits per heavy atom. The zero-order valence-corrected chi connectivity index (χ0v) is 14.4. The standard InChI is InChI=1S/C18H22O8/c1-10-4-2-5-12(20)17(23)13(21)6-3-7-25-15-9-11(19)8-14(22)16(15)18(24)26-10/h8-10,12,19-20,22H,2-7H2,1H3/t10-,12?/m0/s1. The fraction of sp³-hybridized carbons (Fsp3) is 0.500. The minimum Gasteiger partial charge on any atom is -0.508 e. The van der Waals surface area contributed by atoms with Gasteiger partial charge in [0.2, 0.25) is 11.6 Å². The zero-order valence-electron chi connectivity index (χ0n) is 14.4. The average Bonchev–Trinajstić information content (AvgIpc) is 2.56. The zero-order chi connectivity index (χ0) is 19.3. The van der Waals surface area contributed by atoms with E-state index in [-0.39, 0.29) is 42.9 Å². The molecular formula is C18H22O8. The molecular weight excluding hydrogens is 344 g/mol. The molecule has 2 rings (SSSR count). The van der Waals surface area contributed by atoms with Gasteiger partial charge in [0.15, 0.2) is 0 Å². The van der Waals surface area contributed by atoms with Crippen LogP contribution in [0, 0.1) is 0 Å². The van der Waals surface area contributed by atoms with Crippen LogP contribution in [0.15, 0.2) is 12.1 Å². The first kappa shape index (κ1) is 19.7. The number of Topliss-reactive ketones (excluding diaryl/α,β-unsaturated/α-hetero) is 2. The molecule has 0 bridgehead atoms. The average molecular weight is 366 g/mol. The Bertz CT molecular complexity index is 697. The summed E-state index contributed by atoms with van der Waals surface area (Å²) in [5.41, 5.74) is -0.216. The maximum atomic E-state index is 12.4.